The van der Waals surface area contributed by atoms with Crippen LogP contribution in [0.1, 0.15) is 0 Å². The minimum absolute atomic E-state index is 0.0322. The number of hydrogen-bond acceptors (Lipinski definition) is 6. The minimum atomic E-state index is -0.584. The summed E-state index contributed by atoms with van der Waals surface area (Å²) < 4.78 is 0. The van der Waals surface area contributed by atoms with Crippen molar-refractivity contribution in [3.05, 3.63) is 38.6 Å². The molecule has 0 aliphatic heterocycles. The molecule has 8 heteroatoms. The van der Waals surface area contributed by atoms with Gasteiger partial charge in [0.15, 0.2) is 5.69 Å². The maximum absolute atomic E-state index is 11.2. The smallest absolute Gasteiger partial charge is 0.312 e. The fraction of sp³-hybridized carbons (Fsp3) is 0. The molecule has 0 saturated carbocycles. The van der Waals surface area contributed by atoms with Crippen molar-refractivity contribution < 1.29 is 0 Å². The summed E-state index contributed by atoms with van der Waals surface area (Å²) in [6.45, 7) is 0. The molecule has 0 atom stereocenters. The zero-order chi connectivity index (χ0) is 10.7. The lowest BCUT2D eigenvalue weighted by molar-refractivity contribution is 1.02. The average Bonchev–Trinajstić information content (AvgIpc) is 2.69. The first kappa shape index (κ1) is 9.46. The van der Waals surface area contributed by atoms with Crippen LogP contribution in [-0.4, -0.2) is 15.0 Å². The van der Waals surface area contributed by atoms with Crippen LogP contribution < -0.4 is 11.2 Å². The predicted octanol–water partition coefficient (Wildman–Crippen LogP) is 0.935. The Morgan fingerprint density at radius 3 is 2.87 bits per heavy atom. The normalized spacial score (nSPS) is 10.9. The van der Waals surface area contributed by atoms with E-state index in [1.807, 2.05) is 4.98 Å². The SMILES string of the molecule is O=c1[nH]cc(N=Nc2nccs2)c(=O)[nH]1. The van der Waals surface area contributed by atoms with Crippen molar-refractivity contribution in [1.29, 1.82) is 0 Å². The van der Waals surface area contributed by atoms with Gasteiger partial charge in [0.2, 0.25) is 5.13 Å². The van der Waals surface area contributed by atoms with Gasteiger partial charge in [-0.3, -0.25) is 9.78 Å². The van der Waals surface area contributed by atoms with E-state index in [2.05, 4.69) is 20.2 Å². The molecular formula is C7H5N5O2S. The highest BCUT2D eigenvalue weighted by atomic mass is 32.1. The Balaban J connectivity index is 2.33. The van der Waals surface area contributed by atoms with Gasteiger partial charge < -0.3 is 4.98 Å². The molecule has 0 spiro atoms. The summed E-state index contributed by atoms with van der Waals surface area (Å²) in [6.07, 6.45) is 2.77. The average molecular weight is 223 g/mol. The molecular weight excluding hydrogens is 218 g/mol. The van der Waals surface area contributed by atoms with Crippen LogP contribution in [0.2, 0.25) is 0 Å². The van der Waals surface area contributed by atoms with Gasteiger partial charge in [0.25, 0.3) is 5.56 Å². The van der Waals surface area contributed by atoms with Gasteiger partial charge in [0.1, 0.15) is 0 Å². The highest BCUT2D eigenvalue weighted by Crippen LogP contribution is 2.16. The molecule has 2 rings (SSSR count). The van der Waals surface area contributed by atoms with E-state index in [0.717, 1.165) is 0 Å². The molecule has 2 N–H and O–H groups in total. The van der Waals surface area contributed by atoms with E-state index >= 15 is 0 Å². The molecule has 0 radical (unpaired) electrons. The second-order valence-corrected chi connectivity index (χ2v) is 3.34. The number of aromatic nitrogens is 3. The largest absolute Gasteiger partial charge is 0.325 e. The van der Waals surface area contributed by atoms with Crippen LogP contribution >= 0.6 is 11.3 Å². The monoisotopic (exact) mass is 223 g/mol. The highest BCUT2D eigenvalue weighted by molar-refractivity contribution is 7.13. The predicted molar refractivity (Wildman–Crippen MR) is 54.0 cm³/mol. The fourth-order valence-electron chi connectivity index (χ4n) is 0.839. The third kappa shape index (κ3) is 2.23. The van der Waals surface area contributed by atoms with E-state index < -0.39 is 11.2 Å². The zero-order valence-corrected chi connectivity index (χ0v) is 8.11. The first-order valence-corrected chi connectivity index (χ1v) is 4.77. The summed E-state index contributed by atoms with van der Waals surface area (Å²) in [5, 5.41) is 9.55. The van der Waals surface area contributed by atoms with Gasteiger partial charge in [0, 0.05) is 17.8 Å². The summed E-state index contributed by atoms with van der Waals surface area (Å²) in [7, 11) is 0. The lowest BCUT2D eigenvalue weighted by Crippen LogP contribution is -2.20. The molecule has 0 aliphatic carbocycles. The number of rotatable bonds is 2. The van der Waals surface area contributed by atoms with Crippen molar-refractivity contribution >= 4 is 22.2 Å². The Morgan fingerprint density at radius 1 is 1.33 bits per heavy atom. The van der Waals surface area contributed by atoms with Gasteiger partial charge in [-0.05, 0) is 0 Å². The Labute approximate surface area is 86.6 Å². The summed E-state index contributed by atoms with van der Waals surface area (Å²) >= 11 is 1.30. The third-order valence-electron chi connectivity index (χ3n) is 1.46. The van der Waals surface area contributed by atoms with Crippen LogP contribution in [0.25, 0.3) is 0 Å². The van der Waals surface area contributed by atoms with E-state index in [-0.39, 0.29) is 5.69 Å². The first-order chi connectivity index (χ1) is 7.25. The molecule has 2 aromatic heterocycles. The number of azo groups is 1. The van der Waals surface area contributed by atoms with Crippen LogP contribution in [0.15, 0.2) is 37.6 Å². The Hall–Kier alpha value is -2.09. The maximum Gasteiger partial charge on any atom is 0.325 e. The van der Waals surface area contributed by atoms with Crippen molar-refractivity contribution in [1.82, 2.24) is 15.0 Å². The van der Waals surface area contributed by atoms with Crippen LogP contribution in [0.3, 0.4) is 0 Å². The van der Waals surface area contributed by atoms with E-state index in [1.54, 1.807) is 11.6 Å². The topological polar surface area (TPSA) is 103 Å². The van der Waals surface area contributed by atoms with Gasteiger partial charge in [-0.2, -0.15) is 0 Å². The second-order valence-electron chi connectivity index (χ2n) is 2.47. The van der Waals surface area contributed by atoms with Crippen molar-refractivity contribution in [2.24, 2.45) is 10.2 Å². The standard InChI is InChI=1S/C7H5N5O2S/c13-5-4(3-9-6(14)10-5)11-12-7-8-1-2-15-7/h1-3H,(H2,9,10,13,14). The lowest BCUT2D eigenvalue weighted by atomic mass is 10.5. The summed E-state index contributed by atoms with van der Waals surface area (Å²) in [5.41, 5.74) is -1.13. The number of nitrogens with one attached hydrogen (secondary N) is 2. The quantitative estimate of drug-likeness (QED) is 0.740. The highest BCUT2D eigenvalue weighted by Gasteiger charge is 1.97. The second kappa shape index (κ2) is 3.96. The van der Waals surface area contributed by atoms with Crippen molar-refractivity contribution in [3.8, 4) is 0 Å². The molecule has 0 fully saturated rings. The molecule has 0 amide bonds. The third-order valence-corrected chi connectivity index (χ3v) is 2.12. The number of aromatic amines is 2. The molecule has 76 valence electrons. The van der Waals surface area contributed by atoms with Crippen molar-refractivity contribution in [2.75, 3.05) is 0 Å². The molecule has 2 heterocycles. The Morgan fingerprint density at radius 2 is 2.20 bits per heavy atom. The number of thiazole rings is 1. The summed E-state index contributed by atoms with van der Waals surface area (Å²) in [4.78, 5) is 30.0. The van der Waals surface area contributed by atoms with Crippen LogP contribution in [0, 0.1) is 0 Å². The van der Waals surface area contributed by atoms with Gasteiger partial charge >= 0.3 is 5.69 Å². The lowest BCUT2D eigenvalue weighted by Gasteiger charge is -1.87. The fourth-order valence-corrected chi connectivity index (χ4v) is 1.29. The minimum Gasteiger partial charge on any atom is -0.312 e. The van der Waals surface area contributed by atoms with E-state index in [9.17, 15) is 9.59 Å². The van der Waals surface area contributed by atoms with Gasteiger partial charge in [-0.1, -0.05) is 0 Å². The maximum atomic E-state index is 11.2. The number of hydrogen-bond donors (Lipinski definition) is 2. The van der Waals surface area contributed by atoms with E-state index in [4.69, 9.17) is 0 Å². The van der Waals surface area contributed by atoms with E-state index in [1.165, 1.54) is 17.5 Å². The van der Waals surface area contributed by atoms with Crippen LogP contribution in [-0.2, 0) is 0 Å². The van der Waals surface area contributed by atoms with Crippen LogP contribution in [0.5, 0.6) is 0 Å². The molecule has 7 nitrogen and oxygen atoms in total. The summed E-state index contributed by atoms with van der Waals surface area (Å²) in [5.74, 6) is 0. The molecule has 0 saturated heterocycles. The Kier molecular flexibility index (Phi) is 2.50. The zero-order valence-electron chi connectivity index (χ0n) is 7.30. The van der Waals surface area contributed by atoms with Crippen molar-refractivity contribution in [2.45, 2.75) is 0 Å². The van der Waals surface area contributed by atoms with E-state index in [0.29, 0.717) is 5.13 Å². The molecule has 0 aliphatic rings. The summed E-state index contributed by atoms with van der Waals surface area (Å²) in [6, 6.07) is 0. The molecule has 0 bridgehead atoms. The van der Waals surface area contributed by atoms with Crippen molar-refractivity contribution in [3.63, 3.8) is 0 Å². The molecule has 0 aromatic carbocycles. The number of H-pyrrole nitrogens is 2. The molecule has 0 unspecified atom stereocenters. The van der Waals surface area contributed by atoms with Gasteiger partial charge in [-0.15, -0.1) is 21.6 Å². The van der Waals surface area contributed by atoms with Gasteiger partial charge in [-0.25, -0.2) is 9.78 Å². The molecule has 15 heavy (non-hydrogen) atoms. The number of nitrogens with zero attached hydrogens (tertiary/aromatic N) is 3. The van der Waals surface area contributed by atoms with Crippen LogP contribution in [0.4, 0.5) is 10.8 Å². The first-order valence-electron chi connectivity index (χ1n) is 3.89. The van der Waals surface area contributed by atoms with Gasteiger partial charge in [0.05, 0.1) is 0 Å². The Bertz CT molecular complexity index is 582. The molecule has 2 aromatic rings.